The minimum absolute atomic E-state index is 0.0743. The number of rotatable bonds is 5. The summed E-state index contributed by atoms with van der Waals surface area (Å²) in [5.41, 5.74) is 0.546. The highest BCUT2D eigenvalue weighted by molar-refractivity contribution is 6.32. The smallest absolute Gasteiger partial charge is 0.270 e. The topological polar surface area (TPSA) is 89.7 Å². The molecule has 0 aliphatic rings. The van der Waals surface area contributed by atoms with Crippen LogP contribution in [0.15, 0.2) is 42.5 Å². The number of phenols is 1. The van der Waals surface area contributed by atoms with Crippen LogP contribution in [0.5, 0.6) is 11.5 Å². The fraction of sp³-hybridized carbons (Fsp3) is 0.0625. The van der Waals surface area contributed by atoms with Gasteiger partial charge in [-0.25, -0.2) is 0 Å². The molecule has 0 aromatic heterocycles. The average molecular weight is 334 g/mol. The first-order valence-corrected chi connectivity index (χ1v) is 6.83. The van der Waals surface area contributed by atoms with Crippen molar-refractivity contribution >= 4 is 29.1 Å². The normalized spacial score (nSPS) is 10.7. The number of hydrogen-bond acceptors (Lipinski definition) is 5. The number of ketones is 1. The molecule has 0 saturated heterocycles. The van der Waals surface area contributed by atoms with Crippen molar-refractivity contribution in [1.29, 1.82) is 0 Å². The van der Waals surface area contributed by atoms with E-state index in [-0.39, 0.29) is 23.0 Å². The van der Waals surface area contributed by atoms with Crippen LogP contribution in [-0.2, 0) is 0 Å². The highest BCUT2D eigenvalue weighted by atomic mass is 35.5. The van der Waals surface area contributed by atoms with Crippen LogP contribution in [0.4, 0.5) is 5.69 Å². The van der Waals surface area contributed by atoms with Crippen molar-refractivity contribution in [3.63, 3.8) is 0 Å². The van der Waals surface area contributed by atoms with Gasteiger partial charge in [0.05, 0.1) is 12.0 Å². The van der Waals surface area contributed by atoms with E-state index in [1.165, 1.54) is 55.7 Å². The monoisotopic (exact) mass is 333 g/mol. The Kier molecular flexibility index (Phi) is 4.98. The van der Waals surface area contributed by atoms with Gasteiger partial charge in [-0.15, -0.1) is 0 Å². The quantitative estimate of drug-likeness (QED) is 0.388. The number of hydrogen-bond donors (Lipinski definition) is 1. The molecule has 0 aliphatic heterocycles. The van der Waals surface area contributed by atoms with Gasteiger partial charge in [0.2, 0.25) is 0 Å². The van der Waals surface area contributed by atoms with E-state index in [1.54, 1.807) is 0 Å². The third kappa shape index (κ3) is 3.87. The van der Waals surface area contributed by atoms with Crippen LogP contribution in [0.2, 0.25) is 5.02 Å². The number of nitro groups is 1. The Labute approximate surface area is 136 Å². The number of methoxy groups -OCH3 is 1. The fourth-order valence-electron chi connectivity index (χ4n) is 1.87. The van der Waals surface area contributed by atoms with Crippen LogP contribution < -0.4 is 4.74 Å². The van der Waals surface area contributed by atoms with E-state index in [2.05, 4.69) is 0 Å². The van der Waals surface area contributed by atoms with Gasteiger partial charge in [0, 0.05) is 22.7 Å². The fourth-order valence-corrected chi connectivity index (χ4v) is 2.05. The molecule has 118 valence electrons. The number of non-ortho nitro benzene ring substituents is 1. The molecule has 2 aromatic carbocycles. The van der Waals surface area contributed by atoms with Crippen LogP contribution in [0.3, 0.4) is 0 Å². The lowest BCUT2D eigenvalue weighted by molar-refractivity contribution is -0.384. The van der Waals surface area contributed by atoms with Crippen LogP contribution in [0.25, 0.3) is 6.08 Å². The number of ether oxygens (including phenoxy) is 1. The molecule has 0 unspecified atom stereocenters. The molecule has 6 nitrogen and oxygen atoms in total. The van der Waals surface area contributed by atoms with Gasteiger partial charge >= 0.3 is 0 Å². The minimum Gasteiger partial charge on any atom is -0.504 e. The molecule has 7 heteroatoms. The van der Waals surface area contributed by atoms with E-state index in [0.717, 1.165) is 0 Å². The number of carbonyl (C=O) groups is 1. The predicted molar refractivity (Wildman–Crippen MR) is 86.1 cm³/mol. The van der Waals surface area contributed by atoms with E-state index < -0.39 is 4.92 Å². The Balaban J connectivity index is 2.28. The molecule has 2 aromatic rings. The molecule has 2 rings (SSSR count). The predicted octanol–water partition coefficient (Wildman–Crippen LogP) is 3.86. The van der Waals surface area contributed by atoms with E-state index in [1.807, 2.05) is 0 Å². The van der Waals surface area contributed by atoms with Crippen molar-refractivity contribution in [2.24, 2.45) is 0 Å². The maximum Gasteiger partial charge on any atom is 0.270 e. The summed E-state index contributed by atoms with van der Waals surface area (Å²) in [6.07, 6.45) is 2.65. The summed E-state index contributed by atoms with van der Waals surface area (Å²) in [4.78, 5) is 22.3. The molecule has 0 heterocycles. The van der Waals surface area contributed by atoms with Gasteiger partial charge in [0.15, 0.2) is 17.3 Å². The second-order valence-electron chi connectivity index (χ2n) is 4.55. The number of carbonyl (C=O) groups excluding carboxylic acids is 1. The lowest BCUT2D eigenvalue weighted by Gasteiger charge is -2.04. The van der Waals surface area contributed by atoms with Crippen LogP contribution in [0, 0.1) is 10.1 Å². The first-order chi connectivity index (χ1) is 10.9. The Morgan fingerprint density at radius 2 is 2.04 bits per heavy atom. The lowest BCUT2D eigenvalue weighted by atomic mass is 10.1. The summed E-state index contributed by atoms with van der Waals surface area (Å²) in [5, 5.41) is 20.6. The molecule has 0 radical (unpaired) electrons. The molecule has 1 N–H and O–H groups in total. The van der Waals surface area contributed by atoms with Gasteiger partial charge in [-0.2, -0.15) is 0 Å². The maximum atomic E-state index is 12.1. The number of allylic oxidation sites excluding steroid dienone is 1. The van der Waals surface area contributed by atoms with Crippen LogP contribution in [0.1, 0.15) is 15.9 Å². The van der Waals surface area contributed by atoms with Gasteiger partial charge in [0.25, 0.3) is 5.69 Å². The maximum absolute atomic E-state index is 12.1. The molecule has 0 saturated carbocycles. The number of nitro benzene ring substituents is 1. The number of benzene rings is 2. The molecule has 0 atom stereocenters. The van der Waals surface area contributed by atoms with E-state index >= 15 is 0 Å². The van der Waals surface area contributed by atoms with E-state index in [9.17, 15) is 20.0 Å². The molecule has 23 heavy (non-hydrogen) atoms. The lowest BCUT2D eigenvalue weighted by Crippen LogP contribution is -1.95. The number of aromatic hydroxyl groups is 1. The Morgan fingerprint density at radius 1 is 1.30 bits per heavy atom. The molecule has 0 fully saturated rings. The summed E-state index contributed by atoms with van der Waals surface area (Å²) in [6, 6.07) is 8.15. The third-order valence-electron chi connectivity index (χ3n) is 3.07. The van der Waals surface area contributed by atoms with Gasteiger partial charge in [-0.1, -0.05) is 11.6 Å². The van der Waals surface area contributed by atoms with Gasteiger partial charge < -0.3 is 9.84 Å². The molecule has 0 spiro atoms. The van der Waals surface area contributed by atoms with Crippen LogP contribution >= 0.6 is 11.6 Å². The van der Waals surface area contributed by atoms with Gasteiger partial charge in [-0.3, -0.25) is 14.9 Å². The van der Waals surface area contributed by atoms with Crippen molar-refractivity contribution in [3.05, 3.63) is 68.7 Å². The Morgan fingerprint density at radius 3 is 2.70 bits per heavy atom. The van der Waals surface area contributed by atoms with Crippen molar-refractivity contribution in [1.82, 2.24) is 0 Å². The molecular formula is C16H12ClNO5. The second-order valence-corrected chi connectivity index (χ2v) is 4.95. The zero-order valence-corrected chi connectivity index (χ0v) is 12.8. The number of nitrogens with zero attached hydrogens (tertiary/aromatic N) is 1. The highest BCUT2D eigenvalue weighted by Gasteiger charge is 2.10. The van der Waals surface area contributed by atoms with Crippen LogP contribution in [-0.4, -0.2) is 22.9 Å². The Bertz CT molecular complexity index is 801. The van der Waals surface area contributed by atoms with Gasteiger partial charge in [-0.05, 0) is 42.0 Å². The third-order valence-corrected chi connectivity index (χ3v) is 3.41. The first kappa shape index (κ1) is 16.5. The number of phenolic OH excluding ortho intramolecular Hbond substituents is 1. The molecule has 0 aliphatic carbocycles. The Hall–Kier alpha value is -2.86. The molecular weight excluding hydrogens is 322 g/mol. The zero-order chi connectivity index (χ0) is 17.0. The standard InChI is InChI=1S/C16H12ClNO5/c1-23-16-9-11(3-7-15(16)20)14(19)6-2-10-8-12(18(21)22)4-5-13(10)17/h2-9,20H,1H3/b6-2+. The van der Waals surface area contributed by atoms with Crippen molar-refractivity contribution in [3.8, 4) is 11.5 Å². The highest BCUT2D eigenvalue weighted by Crippen LogP contribution is 2.27. The molecule has 0 amide bonds. The summed E-state index contributed by atoms with van der Waals surface area (Å²) >= 11 is 5.96. The minimum atomic E-state index is -0.541. The van der Waals surface area contributed by atoms with E-state index in [4.69, 9.17) is 16.3 Å². The zero-order valence-electron chi connectivity index (χ0n) is 12.0. The van der Waals surface area contributed by atoms with Crippen molar-refractivity contribution < 1.29 is 19.6 Å². The first-order valence-electron chi connectivity index (χ1n) is 6.45. The molecule has 0 bridgehead atoms. The average Bonchev–Trinajstić information content (AvgIpc) is 2.54. The summed E-state index contributed by atoms with van der Waals surface area (Å²) in [6.45, 7) is 0. The SMILES string of the molecule is COc1cc(C(=O)/C=C/c2cc([N+](=O)[O-])ccc2Cl)ccc1O. The van der Waals surface area contributed by atoms with Gasteiger partial charge in [0.1, 0.15) is 0 Å². The summed E-state index contributed by atoms with van der Waals surface area (Å²) in [5.74, 6) is -0.252. The van der Waals surface area contributed by atoms with Crippen molar-refractivity contribution in [2.45, 2.75) is 0 Å². The summed E-state index contributed by atoms with van der Waals surface area (Å²) in [7, 11) is 1.38. The van der Waals surface area contributed by atoms with E-state index in [0.29, 0.717) is 16.1 Å². The largest absolute Gasteiger partial charge is 0.504 e. The number of halogens is 1. The van der Waals surface area contributed by atoms with Crippen molar-refractivity contribution in [2.75, 3.05) is 7.11 Å². The summed E-state index contributed by atoms with van der Waals surface area (Å²) < 4.78 is 4.94. The second kappa shape index (κ2) is 6.93.